The first-order valence-electron chi connectivity index (χ1n) is 11.1. The molecule has 7 nitrogen and oxygen atoms in total. The molecule has 33 heavy (non-hydrogen) atoms. The number of halogens is 1. The molecule has 172 valence electrons. The van der Waals surface area contributed by atoms with E-state index in [0.717, 1.165) is 42.6 Å². The summed E-state index contributed by atoms with van der Waals surface area (Å²) in [5.74, 6) is -0.913. The van der Waals surface area contributed by atoms with Crippen LogP contribution in [-0.2, 0) is 11.2 Å². The van der Waals surface area contributed by atoms with Crippen LogP contribution >= 0.6 is 0 Å². The zero-order valence-corrected chi connectivity index (χ0v) is 18.8. The van der Waals surface area contributed by atoms with E-state index in [1.807, 2.05) is 12.1 Å². The van der Waals surface area contributed by atoms with Crippen LogP contribution in [0.4, 0.5) is 4.39 Å². The molecule has 2 aromatic carbocycles. The molecule has 4 aromatic rings. The van der Waals surface area contributed by atoms with Crippen LogP contribution in [0.2, 0.25) is 0 Å². The van der Waals surface area contributed by atoms with Crippen LogP contribution < -0.4 is 5.76 Å². The Labute approximate surface area is 190 Å². The van der Waals surface area contributed by atoms with E-state index in [2.05, 4.69) is 10.2 Å². The molecule has 0 spiro atoms. The third-order valence-electron chi connectivity index (χ3n) is 5.85. The highest BCUT2D eigenvalue weighted by molar-refractivity contribution is 5.82. The van der Waals surface area contributed by atoms with Gasteiger partial charge in [0.1, 0.15) is 11.9 Å². The summed E-state index contributed by atoms with van der Waals surface area (Å²) < 4.78 is 19.7. The number of amides is 1. The van der Waals surface area contributed by atoms with Crippen LogP contribution in [0.3, 0.4) is 0 Å². The van der Waals surface area contributed by atoms with Crippen molar-refractivity contribution in [3.63, 3.8) is 0 Å². The van der Waals surface area contributed by atoms with Crippen LogP contribution in [0, 0.1) is 5.82 Å². The highest BCUT2D eigenvalue weighted by atomic mass is 19.1. The predicted molar refractivity (Wildman–Crippen MR) is 124 cm³/mol. The molecule has 1 unspecified atom stereocenters. The molecule has 8 heteroatoms. The van der Waals surface area contributed by atoms with Gasteiger partial charge in [-0.25, -0.2) is 9.18 Å². The van der Waals surface area contributed by atoms with Crippen molar-refractivity contribution in [1.29, 1.82) is 0 Å². The Kier molecular flexibility index (Phi) is 6.72. The van der Waals surface area contributed by atoms with Crippen LogP contribution in [0.1, 0.15) is 37.9 Å². The third kappa shape index (κ3) is 5.05. The molecular formula is C25H27FN4O3. The van der Waals surface area contributed by atoms with Crippen molar-refractivity contribution in [1.82, 2.24) is 19.7 Å². The minimum absolute atomic E-state index is 0.124. The van der Waals surface area contributed by atoms with Crippen LogP contribution in [0.15, 0.2) is 63.8 Å². The van der Waals surface area contributed by atoms with Gasteiger partial charge in [-0.3, -0.25) is 14.5 Å². The summed E-state index contributed by atoms with van der Waals surface area (Å²) in [5.41, 5.74) is 3.80. The number of aryl methyl sites for hydroxylation is 1. The second kappa shape index (κ2) is 9.85. The second-order valence-corrected chi connectivity index (χ2v) is 8.24. The number of likely N-dealkylation sites (N-methyl/N-ethyl adjacent to an activating group) is 1. The Bertz CT molecular complexity index is 1290. The lowest BCUT2D eigenvalue weighted by Gasteiger charge is -2.21. The normalized spacial score (nSPS) is 12.2. The van der Waals surface area contributed by atoms with Gasteiger partial charge in [0.25, 0.3) is 0 Å². The van der Waals surface area contributed by atoms with Gasteiger partial charge in [0.2, 0.25) is 5.91 Å². The number of nitrogens with one attached hydrogen (secondary N) is 1. The first kappa shape index (κ1) is 22.5. The minimum Gasteiger partial charge on any atom is -0.408 e. The van der Waals surface area contributed by atoms with E-state index in [1.165, 1.54) is 16.7 Å². The molecule has 0 aliphatic rings. The van der Waals surface area contributed by atoms with Crippen LogP contribution in [0.25, 0.3) is 22.4 Å². The average Bonchev–Trinajstić information content (AvgIpc) is 3.42. The molecule has 0 radical (unpaired) electrons. The molecule has 4 rings (SSSR count). The Morgan fingerprint density at radius 3 is 2.70 bits per heavy atom. The maximum atomic E-state index is 13.1. The number of carbonyl (C=O) groups excluding carboxylic acids is 1. The smallest absolute Gasteiger partial charge is 0.408 e. The molecule has 0 aliphatic heterocycles. The lowest BCUT2D eigenvalue weighted by atomic mass is 10.1. The number of para-hydroxylation sites is 2. The Morgan fingerprint density at radius 2 is 1.91 bits per heavy atom. The predicted octanol–water partition coefficient (Wildman–Crippen LogP) is 4.56. The summed E-state index contributed by atoms with van der Waals surface area (Å²) in [6.45, 7) is 2.33. The van der Waals surface area contributed by atoms with Gasteiger partial charge in [-0.1, -0.05) is 18.6 Å². The fraction of sp³-hybridized carbons (Fsp3) is 0.320. The zero-order valence-electron chi connectivity index (χ0n) is 18.8. The fourth-order valence-electron chi connectivity index (χ4n) is 3.99. The van der Waals surface area contributed by atoms with E-state index >= 15 is 0 Å². The van der Waals surface area contributed by atoms with E-state index in [0.29, 0.717) is 17.6 Å². The second-order valence-electron chi connectivity index (χ2n) is 8.24. The van der Waals surface area contributed by atoms with Crippen molar-refractivity contribution < 1.29 is 13.6 Å². The standard InChI is InChI=1S/C25H27FN4O3/c1-17(30-22-9-5-6-10-23(22)33-25(30)32)24(31)29(2)15-7-3-4-8-20-16-21(28-27-20)18-11-13-19(26)14-12-18/h5-6,9-14,16-17H,3-4,7-8,15H2,1-2H3,(H,27,28). The molecule has 2 aromatic heterocycles. The molecule has 1 N–H and O–H groups in total. The summed E-state index contributed by atoms with van der Waals surface area (Å²) in [5, 5.41) is 7.34. The van der Waals surface area contributed by atoms with Gasteiger partial charge < -0.3 is 9.32 Å². The van der Waals surface area contributed by atoms with Crippen molar-refractivity contribution >= 4 is 17.0 Å². The lowest BCUT2D eigenvalue weighted by molar-refractivity contribution is -0.133. The molecule has 0 fully saturated rings. The molecule has 0 saturated carbocycles. The SMILES string of the molecule is CC(C(=O)N(C)CCCCCc1cc(-c2ccc(F)cc2)n[nH]1)n1c(=O)oc2ccccc21. The lowest BCUT2D eigenvalue weighted by Crippen LogP contribution is -2.36. The molecule has 1 atom stereocenters. The van der Waals surface area contributed by atoms with Gasteiger partial charge in [-0.15, -0.1) is 0 Å². The molecule has 2 heterocycles. The van der Waals surface area contributed by atoms with Gasteiger partial charge in [0.15, 0.2) is 5.58 Å². The quantitative estimate of drug-likeness (QED) is 0.379. The first-order chi connectivity index (χ1) is 15.9. The van der Waals surface area contributed by atoms with Crippen molar-refractivity contribution in [2.75, 3.05) is 13.6 Å². The number of hydrogen-bond acceptors (Lipinski definition) is 4. The fourth-order valence-corrected chi connectivity index (χ4v) is 3.99. The number of rotatable bonds is 9. The highest BCUT2D eigenvalue weighted by Gasteiger charge is 2.23. The average molecular weight is 451 g/mol. The van der Waals surface area contributed by atoms with Gasteiger partial charge >= 0.3 is 5.76 Å². The van der Waals surface area contributed by atoms with E-state index in [-0.39, 0.29) is 11.7 Å². The maximum absolute atomic E-state index is 13.1. The number of oxazole rings is 1. The number of unbranched alkanes of at least 4 members (excludes halogenated alkanes) is 2. The molecule has 0 bridgehead atoms. The van der Waals surface area contributed by atoms with E-state index in [4.69, 9.17) is 4.42 Å². The number of aromatic amines is 1. The summed E-state index contributed by atoms with van der Waals surface area (Å²) >= 11 is 0. The summed E-state index contributed by atoms with van der Waals surface area (Å²) in [6, 6.07) is 14.7. The van der Waals surface area contributed by atoms with E-state index in [9.17, 15) is 14.0 Å². The van der Waals surface area contributed by atoms with Crippen molar-refractivity contribution in [3.05, 3.63) is 76.7 Å². The number of hydrogen-bond donors (Lipinski definition) is 1. The molecular weight excluding hydrogens is 423 g/mol. The number of nitrogens with zero attached hydrogens (tertiary/aromatic N) is 3. The molecule has 0 saturated heterocycles. The zero-order chi connectivity index (χ0) is 23.4. The van der Waals surface area contributed by atoms with Crippen molar-refractivity contribution in [2.24, 2.45) is 0 Å². The number of H-pyrrole nitrogens is 1. The number of fused-ring (bicyclic) bond motifs is 1. The monoisotopic (exact) mass is 450 g/mol. The number of carbonyl (C=O) groups is 1. The minimum atomic E-state index is -0.638. The Morgan fingerprint density at radius 1 is 1.15 bits per heavy atom. The van der Waals surface area contributed by atoms with Crippen LogP contribution in [0.5, 0.6) is 0 Å². The molecule has 0 aliphatic carbocycles. The van der Waals surface area contributed by atoms with Gasteiger partial charge in [-0.05, 0) is 68.7 Å². The Hall–Kier alpha value is -3.68. The number of benzene rings is 2. The molecule has 1 amide bonds. The Balaban J connectivity index is 1.24. The van der Waals surface area contributed by atoms with E-state index in [1.54, 1.807) is 49.2 Å². The highest BCUT2D eigenvalue weighted by Crippen LogP contribution is 2.20. The van der Waals surface area contributed by atoms with Crippen molar-refractivity contribution in [2.45, 2.75) is 38.6 Å². The summed E-state index contributed by atoms with van der Waals surface area (Å²) in [7, 11) is 1.76. The van der Waals surface area contributed by atoms with Crippen molar-refractivity contribution in [3.8, 4) is 11.3 Å². The first-order valence-corrected chi connectivity index (χ1v) is 11.1. The van der Waals surface area contributed by atoms with Gasteiger partial charge in [-0.2, -0.15) is 5.10 Å². The van der Waals surface area contributed by atoms with Crippen LogP contribution in [-0.4, -0.2) is 39.2 Å². The number of aromatic nitrogens is 3. The topological polar surface area (TPSA) is 84.1 Å². The third-order valence-corrected chi connectivity index (χ3v) is 5.85. The largest absolute Gasteiger partial charge is 0.420 e. The summed E-state index contributed by atoms with van der Waals surface area (Å²) in [4.78, 5) is 26.8. The maximum Gasteiger partial charge on any atom is 0.420 e. The van der Waals surface area contributed by atoms with E-state index < -0.39 is 11.8 Å². The van der Waals surface area contributed by atoms with Gasteiger partial charge in [0, 0.05) is 24.8 Å². The summed E-state index contributed by atoms with van der Waals surface area (Å²) in [6.07, 6.45) is 3.60. The van der Waals surface area contributed by atoms with Gasteiger partial charge in [0.05, 0.1) is 11.2 Å².